The van der Waals surface area contributed by atoms with Crippen molar-refractivity contribution in [1.29, 1.82) is 0 Å². The van der Waals surface area contributed by atoms with E-state index in [0.717, 1.165) is 10.0 Å². The minimum atomic E-state index is -0.456. The molecule has 0 bridgehead atoms. The van der Waals surface area contributed by atoms with Crippen molar-refractivity contribution in [2.24, 2.45) is 0 Å². The summed E-state index contributed by atoms with van der Waals surface area (Å²) < 4.78 is 0.840. The van der Waals surface area contributed by atoms with E-state index in [4.69, 9.17) is 5.73 Å². The Morgan fingerprint density at radius 3 is 2.83 bits per heavy atom. The molecule has 1 aromatic carbocycles. The molecule has 0 aliphatic carbocycles. The molecule has 2 nitrogen and oxygen atoms in total. The summed E-state index contributed by atoms with van der Waals surface area (Å²) in [5.41, 5.74) is 7.18. The smallest absolute Gasteiger partial charge is 0.0807 e. The van der Waals surface area contributed by atoms with E-state index in [0.29, 0.717) is 12.1 Å². The summed E-state index contributed by atoms with van der Waals surface area (Å²) >= 11 is 3.31. The van der Waals surface area contributed by atoms with Gasteiger partial charge in [-0.15, -0.1) is 0 Å². The van der Waals surface area contributed by atoms with Gasteiger partial charge < -0.3 is 10.8 Å². The fourth-order valence-corrected chi connectivity index (χ4v) is 1.45. The molecule has 3 N–H and O–H groups in total. The Balaban J connectivity index is 3.07. The molecule has 1 atom stereocenters. The number of halogens is 1. The van der Waals surface area contributed by atoms with E-state index in [9.17, 15) is 5.11 Å². The Morgan fingerprint density at radius 2 is 2.25 bits per heavy atom. The highest BCUT2D eigenvalue weighted by Crippen LogP contribution is 2.28. The Kier molecular flexibility index (Phi) is 3.12. The van der Waals surface area contributed by atoms with Gasteiger partial charge in [0.2, 0.25) is 0 Å². The number of aliphatic hydroxyl groups is 1. The van der Waals surface area contributed by atoms with Crippen molar-refractivity contribution in [2.75, 3.05) is 5.73 Å². The predicted molar refractivity (Wildman–Crippen MR) is 53.8 cm³/mol. The Morgan fingerprint density at radius 1 is 1.58 bits per heavy atom. The third-order valence-electron chi connectivity index (χ3n) is 1.83. The second kappa shape index (κ2) is 3.92. The van der Waals surface area contributed by atoms with E-state index in [1.807, 2.05) is 25.1 Å². The maximum Gasteiger partial charge on any atom is 0.0807 e. The summed E-state index contributed by atoms with van der Waals surface area (Å²) in [5.74, 6) is 0. The standard InChI is InChI=1S/C9H12BrNO/c1-2-8(12)6-4-3-5-7(10)9(6)11/h3-5,8,12H,2,11H2,1H3. The molecule has 0 radical (unpaired) electrons. The van der Waals surface area contributed by atoms with Gasteiger partial charge in [0.15, 0.2) is 0 Å². The average molecular weight is 230 g/mol. The van der Waals surface area contributed by atoms with Gasteiger partial charge in [0, 0.05) is 10.0 Å². The highest BCUT2D eigenvalue weighted by molar-refractivity contribution is 9.10. The van der Waals surface area contributed by atoms with Crippen molar-refractivity contribution >= 4 is 21.6 Å². The van der Waals surface area contributed by atoms with E-state index in [-0.39, 0.29) is 0 Å². The van der Waals surface area contributed by atoms with E-state index in [2.05, 4.69) is 15.9 Å². The van der Waals surface area contributed by atoms with Crippen LogP contribution in [0.5, 0.6) is 0 Å². The normalized spacial score (nSPS) is 12.9. The zero-order valence-corrected chi connectivity index (χ0v) is 8.51. The molecule has 0 amide bonds. The number of aliphatic hydroxyl groups excluding tert-OH is 1. The van der Waals surface area contributed by atoms with E-state index >= 15 is 0 Å². The van der Waals surface area contributed by atoms with Gasteiger partial charge in [-0.05, 0) is 28.4 Å². The molecule has 0 saturated carbocycles. The summed E-state index contributed by atoms with van der Waals surface area (Å²) in [7, 11) is 0. The molecule has 1 aromatic rings. The van der Waals surface area contributed by atoms with Crippen LogP contribution in [0.2, 0.25) is 0 Å². The van der Waals surface area contributed by atoms with Gasteiger partial charge in [-0.2, -0.15) is 0 Å². The van der Waals surface area contributed by atoms with Crippen molar-refractivity contribution in [3.05, 3.63) is 28.2 Å². The second-order valence-electron chi connectivity index (χ2n) is 2.67. The highest BCUT2D eigenvalue weighted by Gasteiger charge is 2.09. The van der Waals surface area contributed by atoms with Crippen LogP contribution >= 0.6 is 15.9 Å². The van der Waals surface area contributed by atoms with Crippen LogP contribution in [-0.4, -0.2) is 5.11 Å². The Hall–Kier alpha value is -0.540. The monoisotopic (exact) mass is 229 g/mol. The minimum absolute atomic E-state index is 0.456. The quantitative estimate of drug-likeness (QED) is 0.766. The van der Waals surface area contributed by atoms with Crippen molar-refractivity contribution < 1.29 is 5.11 Å². The molecular formula is C9H12BrNO. The maximum absolute atomic E-state index is 9.53. The van der Waals surface area contributed by atoms with E-state index < -0.39 is 6.10 Å². The summed E-state index contributed by atoms with van der Waals surface area (Å²) in [6.07, 6.45) is 0.225. The van der Waals surface area contributed by atoms with Gasteiger partial charge in [0.1, 0.15) is 0 Å². The summed E-state index contributed by atoms with van der Waals surface area (Å²) in [6.45, 7) is 1.92. The molecule has 0 aliphatic rings. The van der Waals surface area contributed by atoms with Crippen LogP contribution in [0, 0.1) is 0 Å². The number of nitrogen functional groups attached to an aromatic ring is 1. The van der Waals surface area contributed by atoms with Gasteiger partial charge in [0.05, 0.1) is 11.8 Å². The number of hydrogen-bond acceptors (Lipinski definition) is 2. The van der Waals surface area contributed by atoms with E-state index in [1.54, 1.807) is 0 Å². The summed E-state index contributed by atoms with van der Waals surface area (Å²) in [5, 5.41) is 9.53. The molecule has 1 unspecified atom stereocenters. The first-order chi connectivity index (χ1) is 5.66. The number of benzene rings is 1. The molecule has 3 heteroatoms. The Bertz CT molecular complexity index is 275. The van der Waals surface area contributed by atoms with Crippen molar-refractivity contribution in [2.45, 2.75) is 19.4 Å². The number of nitrogens with two attached hydrogens (primary N) is 1. The fraction of sp³-hybridized carbons (Fsp3) is 0.333. The predicted octanol–water partition coefficient (Wildman–Crippen LogP) is 2.47. The molecular weight excluding hydrogens is 218 g/mol. The number of anilines is 1. The minimum Gasteiger partial charge on any atom is -0.398 e. The lowest BCUT2D eigenvalue weighted by Crippen LogP contribution is -2.01. The molecule has 12 heavy (non-hydrogen) atoms. The number of hydrogen-bond donors (Lipinski definition) is 2. The highest BCUT2D eigenvalue weighted by atomic mass is 79.9. The molecule has 66 valence electrons. The third-order valence-corrected chi connectivity index (χ3v) is 2.52. The zero-order valence-electron chi connectivity index (χ0n) is 6.92. The number of rotatable bonds is 2. The SMILES string of the molecule is CCC(O)c1cccc(Br)c1N. The molecule has 0 heterocycles. The zero-order chi connectivity index (χ0) is 9.14. The largest absolute Gasteiger partial charge is 0.398 e. The van der Waals surface area contributed by atoms with Gasteiger partial charge in [-0.25, -0.2) is 0 Å². The lowest BCUT2D eigenvalue weighted by Gasteiger charge is -2.11. The van der Waals surface area contributed by atoms with Gasteiger partial charge in [0.25, 0.3) is 0 Å². The molecule has 0 aromatic heterocycles. The molecule has 1 rings (SSSR count). The van der Waals surface area contributed by atoms with Gasteiger partial charge in [-0.1, -0.05) is 19.1 Å². The van der Waals surface area contributed by atoms with Crippen LogP contribution < -0.4 is 5.73 Å². The lowest BCUT2D eigenvalue weighted by molar-refractivity contribution is 0.174. The van der Waals surface area contributed by atoms with Crippen LogP contribution in [0.25, 0.3) is 0 Å². The molecule has 0 saturated heterocycles. The third kappa shape index (κ3) is 1.79. The molecule has 0 spiro atoms. The summed E-state index contributed by atoms with van der Waals surface area (Å²) in [6, 6.07) is 5.57. The lowest BCUT2D eigenvalue weighted by atomic mass is 10.1. The maximum atomic E-state index is 9.53. The van der Waals surface area contributed by atoms with Gasteiger partial charge in [-0.3, -0.25) is 0 Å². The van der Waals surface area contributed by atoms with Crippen LogP contribution in [0.3, 0.4) is 0 Å². The fourth-order valence-electron chi connectivity index (χ4n) is 1.06. The molecule has 0 fully saturated rings. The van der Waals surface area contributed by atoms with E-state index in [1.165, 1.54) is 0 Å². The van der Waals surface area contributed by atoms with Crippen molar-refractivity contribution in [3.63, 3.8) is 0 Å². The first-order valence-electron chi connectivity index (χ1n) is 3.88. The number of para-hydroxylation sites is 1. The van der Waals surface area contributed by atoms with Crippen molar-refractivity contribution in [3.8, 4) is 0 Å². The van der Waals surface area contributed by atoms with Crippen LogP contribution in [0.1, 0.15) is 25.0 Å². The topological polar surface area (TPSA) is 46.2 Å². The first kappa shape index (κ1) is 9.55. The Labute approximate surface area is 80.5 Å². The van der Waals surface area contributed by atoms with Crippen LogP contribution in [0.4, 0.5) is 5.69 Å². The first-order valence-corrected chi connectivity index (χ1v) is 4.68. The van der Waals surface area contributed by atoms with Gasteiger partial charge >= 0.3 is 0 Å². The van der Waals surface area contributed by atoms with Crippen LogP contribution in [0.15, 0.2) is 22.7 Å². The average Bonchev–Trinajstić information content (AvgIpc) is 2.08. The molecule has 0 aliphatic heterocycles. The summed E-state index contributed by atoms with van der Waals surface area (Å²) in [4.78, 5) is 0. The van der Waals surface area contributed by atoms with Crippen molar-refractivity contribution in [1.82, 2.24) is 0 Å². The second-order valence-corrected chi connectivity index (χ2v) is 3.52. The van der Waals surface area contributed by atoms with Crippen LogP contribution in [-0.2, 0) is 0 Å².